The largest absolute Gasteiger partial charge is 0.318 e. The zero-order valence-corrected chi connectivity index (χ0v) is 22.5. The number of rotatable bonds is 15. The van der Waals surface area contributed by atoms with Crippen LogP contribution in [-0.2, 0) is 41.7 Å². The molecule has 0 radical (unpaired) electrons. The second-order valence-electron chi connectivity index (χ2n) is 6.70. The molecule has 0 heterocycles. The Hall–Kier alpha value is -0.500. The Morgan fingerprint density at radius 3 is 1.12 bits per heavy atom. The molecule has 0 aromatic heterocycles. The van der Waals surface area contributed by atoms with Gasteiger partial charge in [-0.15, -0.1) is 0 Å². The van der Waals surface area contributed by atoms with Gasteiger partial charge in [0.1, 0.15) is 0 Å². The molecule has 0 amide bonds. The van der Waals surface area contributed by atoms with Crippen molar-refractivity contribution >= 4 is 36.9 Å². The Kier molecular flexibility index (Phi) is 12.2. The Morgan fingerprint density at radius 2 is 0.875 bits per heavy atom. The lowest BCUT2D eigenvalue weighted by atomic mass is 9.95. The summed E-state index contributed by atoms with van der Waals surface area (Å²) in [5.41, 5.74) is 2.05. The first-order chi connectivity index (χ1) is 15.4. The maximum Gasteiger partial charge on any atom is 0.261 e. The van der Waals surface area contributed by atoms with Crippen LogP contribution in [0.4, 0.5) is 0 Å². The zero-order chi connectivity index (χ0) is 23.5. The molecular weight excluding hydrogens is 482 g/mol. The molecule has 0 fully saturated rings. The van der Waals surface area contributed by atoms with Crippen molar-refractivity contribution < 1.29 is 18.1 Å². The molecule has 2 rings (SSSR count). The molecule has 2 aromatic rings. The maximum atomic E-state index is 5.92. The van der Waals surface area contributed by atoms with Gasteiger partial charge in [-0.1, -0.05) is 60.7 Å². The summed E-state index contributed by atoms with van der Waals surface area (Å²) in [6.07, 6.45) is 0. The molecule has 2 aromatic carbocycles. The van der Waals surface area contributed by atoms with Gasteiger partial charge in [-0.25, -0.2) is 10.2 Å². The summed E-state index contributed by atoms with van der Waals surface area (Å²) in [5, 5.41) is 7.07. The second-order valence-corrected chi connectivity index (χ2v) is 13.1. The summed E-state index contributed by atoms with van der Waals surface area (Å²) in [6.45, 7) is 3.91. The molecule has 0 aliphatic carbocycles. The quantitative estimate of drug-likeness (QED) is 0.270. The van der Waals surface area contributed by atoms with Gasteiger partial charge in [0.15, 0.2) is 0 Å². The Balaban J connectivity index is 2.58. The summed E-state index contributed by atoms with van der Waals surface area (Å²) in [4.78, 5) is 0. The summed E-state index contributed by atoms with van der Waals surface area (Å²) in [5.74, 6) is 0. The minimum atomic E-state index is -2.77. The first-order valence-corrected chi connectivity index (χ1v) is 16.1. The molecule has 0 spiro atoms. The third-order valence-corrected chi connectivity index (χ3v) is 9.92. The van der Waals surface area contributed by atoms with E-state index in [-0.39, 0.29) is 12.1 Å². The van der Waals surface area contributed by atoms with E-state index >= 15 is 0 Å². The molecule has 2 N–H and O–H groups in total. The highest BCUT2D eigenvalue weighted by Crippen LogP contribution is 2.52. The van der Waals surface area contributed by atoms with E-state index in [1.54, 1.807) is 0 Å². The SMILES string of the molecule is CCOP(=S)(N[C@@H](c1ccccc1)[C@@H](NP(=S)(OCC)OCC)c1ccccc1)OCC. The van der Waals surface area contributed by atoms with Crippen molar-refractivity contribution in [3.8, 4) is 0 Å². The van der Waals surface area contributed by atoms with Gasteiger partial charge in [0.05, 0.1) is 38.5 Å². The van der Waals surface area contributed by atoms with Crippen molar-refractivity contribution in [2.24, 2.45) is 0 Å². The number of nitrogens with one attached hydrogen (secondary N) is 2. The van der Waals surface area contributed by atoms with E-state index < -0.39 is 13.3 Å². The van der Waals surface area contributed by atoms with Crippen LogP contribution in [0.2, 0.25) is 0 Å². The third kappa shape index (κ3) is 8.37. The molecule has 0 unspecified atom stereocenters. The van der Waals surface area contributed by atoms with Crippen LogP contribution in [0.25, 0.3) is 0 Å². The summed E-state index contributed by atoms with van der Waals surface area (Å²) in [6, 6.07) is 19.6. The van der Waals surface area contributed by atoms with Gasteiger partial charge in [-0.2, -0.15) is 0 Å². The molecule has 0 saturated carbocycles. The van der Waals surface area contributed by atoms with E-state index in [0.29, 0.717) is 26.4 Å². The molecule has 0 saturated heterocycles. The molecule has 0 aliphatic rings. The van der Waals surface area contributed by atoms with Crippen LogP contribution in [-0.4, -0.2) is 26.4 Å². The van der Waals surface area contributed by atoms with Crippen LogP contribution in [0.15, 0.2) is 60.7 Å². The van der Waals surface area contributed by atoms with Crippen LogP contribution in [0.1, 0.15) is 50.9 Å². The maximum absolute atomic E-state index is 5.92. The molecule has 32 heavy (non-hydrogen) atoms. The lowest BCUT2D eigenvalue weighted by molar-refractivity contribution is 0.240. The predicted molar refractivity (Wildman–Crippen MR) is 140 cm³/mol. The van der Waals surface area contributed by atoms with Crippen LogP contribution >= 0.6 is 13.3 Å². The molecule has 0 bridgehead atoms. The summed E-state index contributed by atoms with van der Waals surface area (Å²) >= 11 is 11.7. The van der Waals surface area contributed by atoms with E-state index in [1.807, 2.05) is 64.1 Å². The van der Waals surface area contributed by atoms with Crippen molar-refractivity contribution in [2.75, 3.05) is 26.4 Å². The average Bonchev–Trinajstić information content (AvgIpc) is 2.78. The first-order valence-electron chi connectivity index (χ1n) is 10.8. The van der Waals surface area contributed by atoms with Crippen molar-refractivity contribution in [3.05, 3.63) is 71.8 Å². The normalized spacial score (nSPS) is 14.2. The molecule has 2 atom stereocenters. The van der Waals surface area contributed by atoms with Crippen molar-refractivity contribution in [3.63, 3.8) is 0 Å². The summed E-state index contributed by atoms with van der Waals surface area (Å²) < 4.78 is 23.7. The van der Waals surface area contributed by atoms with Gasteiger partial charge in [0.25, 0.3) is 13.3 Å². The van der Waals surface area contributed by atoms with Crippen molar-refractivity contribution in [2.45, 2.75) is 39.8 Å². The van der Waals surface area contributed by atoms with E-state index in [9.17, 15) is 0 Å². The fraction of sp³-hybridized carbons (Fsp3) is 0.455. The lowest BCUT2D eigenvalue weighted by Gasteiger charge is -2.36. The fourth-order valence-corrected chi connectivity index (χ4v) is 8.28. The monoisotopic (exact) mass is 516 g/mol. The average molecular weight is 517 g/mol. The Morgan fingerprint density at radius 1 is 0.594 bits per heavy atom. The highest BCUT2D eigenvalue weighted by atomic mass is 32.5. The van der Waals surface area contributed by atoms with E-state index in [2.05, 4.69) is 34.4 Å². The standard InChI is InChI=1S/C22H34N2O4P2S2/c1-5-25-29(31,26-6-2)23-21(19-15-11-9-12-16-19)22(20-17-13-10-14-18-20)24-30(32,27-7-3)28-8-4/h9-18,21-22H,5-8H2,1-4H3,(H,23,31)(H,24,32)/t21-,22-/m0/s1. The van der Waals surface area contributed by atoms with E-state index in [4.69, 9.17) is 41.7 Å². The van der Waals surface area contributed by atoms with E-state index in [1.165, 1.54) is 0 Å². The number of hydrogen-bond acceptors (Lipinski definition) is 6. The fourth-order valence-electron chi connectivity index (χ4n) is 3.25. The predicted octanol–water partition coefficient (Wildman–Crippen LogP) is 6.24. The number of benzene rings is 2. The van der Waals surface area contributed by atoms with Crippen molar-refractivity contribution in [1.29, 1.82) is 0 Å². The first kappa shape index (κ1) is 27.7. The van der Waals surface area contributed by atoms with Gasteiger partial charge < -0.3 is 18.1 Å². The van der Waals surface area contributed by atoms with Crippen LogP contribution in [0.5, 0.6) is 0 Å². The second kappa shape index (κ2) is 14.0. The van der Waals surface area contributed by atoms with Crippen LogP contribution in [0, 0.1) is 0 Å². The van der Waals surface area contributed by atoms with Gasteiger partial charge >= 0.3 is 0 Å². The highest BCUT2D eigenvalue weighted by molar-refractivity contribution is 8.09. The van der Waals surface area contributed by atoms with Crippen LogP contribution < -0.4 is 10.2 Å². The minimum absolute atomic E-state index is 0.300. The molecule has 0 aliphatic heterocycles. The molecule has 178 valence electrons. The van der Waals surface area contributed by atoms with Gasteiger partial charge in [-0.3, -0.25) is 0 Å². The number of hydrogen-bond donors (Lipinski definition) is 2. The molecular formula is C22H34N2O4P2S2. The third-order valence-electron chi connectivity index (χ3n) is 4.44. The van der Waals surface area contributed by atoms with Gasteiger partial charge in [0, 0.05) is 0 Å². The highest BCUT2D eigenvalue weighted by Gasteiger charge is 2.35. The minimum Gasteiger partial charge on any atom is -0.318 e. The Bertz CT molecular complexity index is 797. The lowest BCUT2D eigenvalue weighted by Crippen LogP contribution is -2.34. The Labute approximate surface area is 202 Å². The van der Waals surface area contributed by atoms with Crippen LogP contribution in [0.3, 0.4) is 0 Å². The van der Waals surface area contributed by atoms with Gasteiger partial charge in [0.2, 0.25) is 0 Å². The molecule has 6 nitrogen and oxygen atoms in total. The molecule has 10 heteroatoms. The van der Waals surface area contributed by atoms with E-state index in [0.717, 1.165) is 11.1 Å². The zero-order valence-electron chi connectivity index (χ0n) is 19.1. The smallest absolute Gasteiger partial charge is 0.261 e. The summed E-state index contributed by atoms with van der Waals surface area (Å²) in [7, 11) is 0. The van der Waals surface area contributed by atoms with Crippen molar-refractivity contribution in [1.82, 2.24) is 10.2 Å². The topological polar surface area (TPSA) is 61.0 Å². The van der Waals surface area contributed by atoms with Gasteiger partial charge in [-0.05, 0) is 62.4 Å².